The van der Waals surface area contributed by atoms with Crippen LogP contribution in [0, 0.1) is 0 Å². The normalized spacial score (nSPS) is 16.0. The lowest BCUT2D eigenvalue weighted by atomic mass is 10.0. The highest BCUT2D eigenvalue weighted by molar-refractivity contribution is 5.96. The van der Waals surface area contributed by atoms with Crippen molar-refractivity contribution in [1.29, 1.82) is 0 Å². The Morgan fingerprint density at radius 1 is 1.21 bits per heavy atom. The molecule has 0 aliphatic carbocycles. The van der Waals surface area contributed by atoms with Gasteiger partial charge in [0, 0.05) is 45.1 Å². The van der Waals surface area contributed by atoms with Gasteiger partial charge in [-0.15, -0.1) is 0 Å². The molecule has 0 radical (unpaired) electrons. The van der Waals surface area contributed by atoms with Crippen LogP contribution in [0.3, 0.4) is 0 Å². The zero-order valence-corrected chi connectivity index (χ0v) is 13.9. The lowest BCUT2D eigenvalue weighted by molar-refractivity contribution is 0.0631. The van der Waals surface area contributed by atoms with Crippen molar-refractivity contribution in [3.8, 4) is 0 Å². The number of aromatic nitrogens is 2. The third-order valence-corrected chi connectivity index (χ3v) is 4.60. The fourth-order valence-electron chi connectivity index (χ4n) is 3.15. The van der Waals surface area contributed by atoms with E-state index in [1.807, 2.05) is 13.1 Å². The Morgan fingerprint density at radius 2 is 1.88 bits per heavy atom. The van der Waals surface area contributed by atoms with Crippen molar-refractivity contribution in [1.82, 2.24) is 19.8 Å². The minimum Gasteiger partial charge on any atom is -0.382 e. The van der Waals surface area contributed by atoms with Crippen molar-refractivity contribution in [3.05, 3.63) is 54.0 Å². The monoisotopic (exact) mass is 325 g/mol. The molecule has 1 fully saturated rings. The number of hydrogen-bond acceptors (Lipinski definition) is 5. The molecule has 1 amide bonds. The molecule has 24 heavy (non-hydrogen) atoms. The van der Waals surface area contributed by atoms with Gasteiger partial charge in [0.1, 0.15) is 0 Å². The van der Waals surface area contributed by atoms with E-state index in [2.05, 4.69) is 39.1 Å². The smallest absolute Gasteiger partial charge is 0.276 e. The number of nitrogens with two attached hydrogens (primary N) is 1. The van der Waals surface area contributed by atoms with Crippen LogP contribution in [0.25, 0.3) is 0 Å². The second kappa shape index (κ2) is 7.40. The van der Waals surface area contributed by atoms with E-state index in [-0.39, 0.29) is 23.5 Å². The second-order valence-corrected chi connectivity index (χ2v) is 6.20. The van der Waals surface area contributed by atoms with Crippen LogP contribution < -0.4 is 5.73 Å². The predicted molar refractivity (Wildman–Crippen MR) is 93.3 cm³/mol. The number of benzene rings is 1. The van der Waals surface area contributed by atoms with Gasteiger partial charge in [-0.25, -0.2) is 9.97 Å². The molecule has 0 unspecified atom stereocenters. The minimum atomic E-state index is -0.151. The van der Waals surface area contributed by atoms with Crippen LogP contribution in [0.2, 0.25) is 0 Å². The molecule has 1 aliphatic heterocycles. The van der Waals surface area contributed by atoms with Gasteiger partial charge in [-0.05, 0) is 18.4 Å². The molecular formula is C18H23N5O. The summed E-state index contributed by atoms with van der Waals surface area (Å²) in [4.78, 5) is 24.8. The van der Waals surface area contributed by atoms with Gasteiger partial charge in [0.05, 0.1) is 0 Å². The molecule has 2 heterocycles. The van der Waals surface area contributed by atoms with Gasteiger partial charge in [0.25, 0.3) is 5.91 Å². The number of carbonyl (C=O) groups is 1. The Bertz CT molecular complexity index is 683. The van der Waals surface area contributed by atoms with Gasteiger partial charge in [0.2, 0.25) is 0 Å². The summed E-state index contributed by atoms with van der Waals surface area (Å²) in [7, 11) is 1.83. The molecule has 1 aromatic heterocycles. The van der Waals surface area contributed by atoms with Crippen LogP contribution in [0.4, 0.5) is 5.82 Å². The molecule has 126 valence electrons. The lowest BCUT2D eigenvalue weighted by Gasteiger charge is -2.36. The summed E-state index contributed by atoms with van der Waals surface area (Å²) >= 11 is 0. The van der Waals surface area contributed by atoms with E-state index < -0.39 is 0 Å². The van der Waals surface area contributed by atoms with E-state index in [1.54, 1.807) is 4.90 Å². The van der Waals surface area contributed by atoms with Crippen LogP contribution in [-0.2, 0) is 6.54 Å². The average Bonchev–Trinajstić information content (AvgIpc) is 2.62. The van der Waals surface area contributed by atoms with Crippen molar-refractivity contribution in [3.63, 3.8) is 0 Å². The molecule has 1 aromatic carbocycles. The van der Waals surface area contributed by atoms with Crippen molar-refractivity contribution in [2.24, 2.45) is 0 Å². The summed E-state index contributed by atoms with van der Waals surface area (Å²) in [5, 5.41) is 0. The molecule has 2 aromatic rings. The molecule has 6 heteroatoms. The number of hydrogen-bond donors (Lipinski definition) is 1. The summed E-state index contributed by atoms with van der Waals surface area (Å²) in [6, 6.07) is 10.7. The van der Waals surface area contributed by atoms with E-state index in [0.29, 0.717) is 0 Å². The second-order valence-electron chi connectivity index (χ2n) is 6.20. The SMILES string of the molecule is CN(C(=O)c1nccnc1N)C1CCN(Cc2ccccc2)CC1. The molecule has 1 aliphatic rings. The standard InChI is InChI=1S/C18H23N5O/c1-22(18(24)16-17(19)21-10-9-20-16)15-7-11-23(12-8-15)13-14-5-3-2-4-6-14/h2-6,9-10,15H,7-8,11-13H2,1H3,(H2,19,21). The Hall–Kier alpha value is -2.47. The van der Waals surface area contributed by atoms with E-state index in [1.165, 1.54) is 18.0 Å². The molecule has 3 rings (SSSR count). The van der Waals surface area contributed by atoms with Crippen LogP contribution in [-0.4, -0.2) is 51.9 Å². The van der Waals surface area contributed by atoms with E-state index in [4.69, 9.17) is 5.73 Å². The maximum Gasteiger partial charge on any atom is 0.276 e. The van der Waals surface area contributed by atoms with Crippen LogP contribution in [0.15, 0.2) is 42.7 Å². The van der Waals surface area contributed by atoms with E-state index >= 15 is 0 Å². The number of amides is 1. The molecule has 0 spiro atoms. The maximum absolute atomic E-state index is 12.6. The van der Waals surface area contributed by atoms with Crippen LogP contribution in [0.5, 0.6) is 0 Å². The van der Waals surface area contributed by atoms with Gasteiger partial charge >= 0.3 is 0 Å². The minimum absolute atomic E-state index is 0.151. The third kappa shape index (κ3) is 3.71. The lowest BCUT2D eigenvalue weighted by Crippen LogP contribution is -2.45. The first-order chi connectivity index (χ1) is 11.6. The van der Waals surface area contributed by atoms with Crippen molar-refractivity contribution in [2.75, 3.05) is 25.9 Å². The molecule has 6 nitrogen and oxygen atoms in total. The summed E-state index contributed by atoms with van der Waals surface area (Å²) in [6.07, 6.45) is 4.90. The number of anilines is 1. The predicted octanol–water partition coefficient (Wildman–Crippen LogP) is 1.80. The van der Waals surface area contributed by atoms with Gasteiger partial charge < -0.3 is 10.6 Å². The molecule has 1 saturated heterocycles. The quantitative estimate of drug-likeness (QED) is 0.927. The summed E-state index contributed by atoms with van der Waals surface area (Å²) in [5.74, 6) is 0.0398. The van der Waals surface area contributed by atoms with E-state index in [0.717, 1.165) is 32.5 Å². The Morgan fingerprint density at radius 3 is 2.54 bits per heavy atom. The van der Waals surface area contributed by atoms with Crippen molar-refractivity contribution in [2.45, 2.75) is 25.4 Å². The Kier molecular flexibility index (Phi) is 5.05. The topological polar surface area (TPSA) is 75.3 Å². The first-order valence-corrected chi connectivity index (χ1v) is 8.25. The number of likely N-dealkylation sites (tertiary alicyclic amines) is 1. The highest BCUT2D eigenvalue weighted by atomic mass is 16.2. The number of nitrogens with zero attached hydrogens (tertiary/aromatic N) is 4. The van der Waals surface area contributed by atoms with Gasteiger partial charge in [0.15, 0.2) is 11.5 Å². The molecule has 2 N–H and O–H groups in total. The number of rotatable bonds is 4. The van der Waals surface area contributed by atoms with Crippen LogP contribution >= 0.6 is 0 Å². The first-order valence-electron chi connectivity index (χ1n) is 8.25. The first kappa shape index (κ1) is 16.4. The summed E-state index contributed by atoms with van der Waals surface area (Å²) in [5.41, 5.74) is 7.34. The zero-order chi connectivity index (χ0) is 16.9. The number of nitrogen functional groups attached to an aromatic ring is 1. The highest BCUT2D eigenvalue weighted by Gasteiger charge is 2.27. The molecular weight excluding hydrogens is 302 g/mol. The fourth-order valence-corrected chi connectivity index (χ4v) is 3.15. The Labute approximate surface area is 142 Å². The number of carbonyl (C=O) groups excluding carboxylic acids is 1. The fraction of sp³-hybridized carbons (Fsp3) is 0.389. The third-order valence-electron chi connectivity index (χ3n) is 4.60. The van der Waals surface area contributed by atoms with Gasteiger partial charge in [-0.3, -0.25) is 9.69 Å². The average molecular weight is 325 g/mol. The van der Waals surface area contributed by atoms with Crippen molar-refractivity contribution < 1.29 is 4.79 Å². The largest absolute Gasteiger partial charge is 0.382 e. The van der Waals surface area contributed by atoms with E-state index in [9.17, 15) is 4.79 Å². The molecule has 0 saturated carbocycles. The highest BCUT2D eigenvalue weighted by Crippen LogP contribution is 2.19. The zero-order valence-electron chi connectivity index (χ0n) is 13.9. The maximum atomic E-state index is 12.6. The summed E-state index contributed by atoms with van der Waals surface area (Å²) < 4.78 is 0. The number of piperidine rings is 1. The molecule has 0 atom stereocenters. The molecule has 0 bridgehead atoms. The van der Waals surface area contributed by atoms with Gasteiger partial charge in [-0.1, -0.05) is 30.3 Å². The van der Waals surface area contributed by atoms with Gasteiger partial charge in [-0.2, -0.15) is 0 Å². The van der Waals surface area contributed by atoms with Crippen molar-refractivity contribution >= 4 is 11.7 Å². The Balaban J connectivity index is 1.56. The van der Waals surface area contributed by atoms with Crippen LogP contribution in [0.1, 0.15) is 28.9 Å². The summed E-state index contributed by atoms with van der Waals surface area (Å²) in [6.45, 7) is 2.92.